The number of aliphatic carboxylic acids is 1. The predicted octanol–water partition coefficient (Wildman–Crippen LogP) is 3.31. The van der Waals surface area contributed by atoms with Crippen molar-refractivity contribution in [2.45, 2.75) is 38.3 Å². The second-order valence-corrected chi connectivity index (χ2v) is 6.25. The highest BCUT2D eigenvalue weighted by Gasteiger charge is 2.21. The van der Waals surface area contributed by atoms with Crippen molar-refractivity contribution in [3.63, 3.8) is 0 Å². The zero-order valence-corrected chi connectivity index (χ0v) is 15.6. The minimum atomic E-state index is -0.834. The third-order valence-corrected chi connectivity index (χ3v) is 4.44. The molecule has 0 saturated heterocycles. The summed E-state index contributed by atoms with van der Waals surface area (Å²) in [7, 11) is 3.21. The Labute approximate surface area is 155 Å². The van der Waals surface area contributed by atoms with Gasteiger partial charge in [0.05, 0.1) is 14.2 Å². The van der Waals surface area contributed by atoms with Crippen LogP contribution >= 0.6 is 0 Å². The predicted molar refractivity (Wildman–Crippen MR) is 102 cm³/mol. The molecular weight excluding hydrogens is 330 g/mol. The van der Waals surface area contributed by atoms with Crippen molar-refractivity contribution in [3.05, 3.63) is 59.7 Å². The average Bonchev–Trinajstić information content (AvgIpc) is 2.67. The molecule has 26 heavy (non-hydrogen) atoms. The molecule has 0 aliphatic heterocycles. The van der Waals surface area contributed by atoms with Crippen LogP contribution in [0.5, 0.6) is 11.5 Å². The number of carboxylic acids is 1. The first-order valence-corrected chi connectivity index (χ1v) is 8.81. The lowest BCUT2D eigenvalue weighted by Crippen LogP contribution is -2.45. The van der Waals surface area contributed by atoms with Gasteiger partial charge in [-0.05, 0) is 42.5 Å². The van der Waals surface area contributed by atoms with Gasteiger partial charge in [0.2, 0.25) is 0 Å². The molecule has 5 nitrogen and oxygen atoms in total. The van der Waals surface area contributed by atoms with E-state index in [1.54, 1.807) is 14.2 Å². The standard InChI is InChI=1S/C21H27NO4/c1-4-17(12-16-10-11-19(25-2)20(14-16)26-3)22-18(21(23)24)13-15-8-6-5-7-9-15/h5-11,14,17-18,22H,4,12-13H2,1-3H3,(H,23,24)/t17?,18-/m0/s1. The molecule has 0 spiro atoms. The summed E-state index contributed by atoms with van der Waals surface area (Å²) in [5, 5.41) is 12.9. The topological polar surface area (TPSA) is 67.8 Å². The highest BCUT2D eigenvalue weighted by atomic mass is 16.5. The van der Waals surface area contributed by atoms with Gasteiger partial charge in [0, 0.05) is 6.04 Å². The van der Waals surface area contributed by atoms with E-state index in [1.807, 2.05) is 48.5 Å². The third kappa shape index (κ3) is 5.49. The number of ether oxygens (including phenoxy) is 2. The molecule has 0 amide bonds. The van der Waals surface area contributed by atoms with E-state index in [0.717, 1.165) is 24.0 Å². The Morgan fingerprint density at radius 3 is 2.27 bits per heavy atom. The Bertz CT molecular complexity index is 702. The van der Waals surface area contributed by atoms with Crippen LogP contribution in [0.1, 0.15) is 24.5 Å². The minimum absolute atomic E-state index is 0.0536. The molecule has 0 radical (unpaired) electrons. The number of carbonyl (C=O) groups is 1. The summed E-state index contributed by atoms with van der Waals surface area (Å²) in [4.78, 5) is 11.7. The number of rotatable bonds is 10. The summed E-state index contributed by atoms with van der Waals surface area (Å²) in [5.74, 6) is 0.531. The van der Waals surface area contributed by atoms with Crippen molar-refractivity contribution in [2.24, 2.45) is 0 Å². The van der Waals surface area contributed by atoms with E-state index >= 15 is 0 Å². The normalized spacial score (nSPS) is 13.0. The molecule has 0 aliphatic rings. The fourth-order valence-corrected chi connectivity index (χ4v) is 2.97. The number of hydrogen-bond acceptors (Lipinski definition) is 4. The quantitative estimate of drug-likeness (QED) is 0.683. The van der Waals surface area contributed by atoms with Crippen molar-refractivity contribution in [1.82, 2.24) is 5.32 Å². The van der Waals surface area contributed by atoms with Crippen molar-refractivity contribution in [2.75, 3.05) is 14.2 Å². The Hall–Kier alpha value is -2.53. The minimum Gasteiger partial charge on any atom is -0.493 e. The number of carboxylic acid groups (broad SMARTS) is 1. The molecule has 0 heterocycles. The van der Waals surface area contributed by atoms with Gasteiger partial charge in [0.25, 0.3) is 0 Å². The van der Waals surface area contributed by atoms with Gasteiger partial charge in [-0.25, -0.2) is 0 Å². The highest BCUT2D eigenvalue weighted by Crippen LogP contribution is 2.28. The fourth-order valence-electron chi connectivity index (χ4n) is 2.97. The lowest BCUT2D eigenvalue weighted by atomic mass is 10.00. The lowest BCUT2D eigenvalue weighted by Gasteiger charge is -2.23. The maximum absolute atomic E-state index is 11.7. The summed E-state index contributed by atoms with van der Waals surface area (Å²) in [6.07, 6.45) is 2.00. The maximum atomic E-state index is 11.7. The second-order valence-electron chi connectivity index (χ2n) is 6.25. The van der Waals surface area contributed by atoms with Gasteiger partial charge in [-0.15, -0.1) is 0 Å². The molecule has 0 aliphatic carbocycles. The SMILES string of the molecule is CCC(Cc1ccc(OC)c(OC)c1)N[C@@H](Cc1ccccc1)C(=O)O. The average molecular weight is 357 g/mol. The third-order valence-electron chi connectivity index (χ3n) is 4.44. The molecule has 2 aromatic carbocycles. The molecular formula is C21H27NO4. The maximum Gasteiger partial charge on any atom is 0.321 e. The zero-order valence-electron chi connectivity index (χ0n) is 15.6. The molecule has 2 rings (SSSR count). The molecule has 0 saturated carbocycles. The summed E-state index contributed by atoms with van der Waals surface area (Å²) in [6, 6.07) is 14.9. The molecule has 140 valence electrons. The van der Waals surface area contributed by atoms with Gasteiger partial charge >= 0.3 is 5.97 Å². The largest absolute Gasteiger partial charge is 0.493 e. The van der Waals surface area contributed by atoms with E-state index in [2.05, 4.69) is 12.2 Å². The smallest absolute Gasteiger partial charge is 0.321 e. The summed E-state index contributed by atoms with van der Waals surface area (Å²) < 4.78 is 10.6. The van der Waals surface area contributed by atoms with Crippen LogP contribution in [0.2, 0.25) is 0 Å². The molecule has 0 fully saturated rings. The lowest BCUT2D eigenvalue weighted by molar-refractivity contribution is -0.139. The van der Waals surface area contributed by atoms with Crippen LogP contribution in [0.4, 0.5) is 0 Å². The molecule has 2 aromatic rings. The van der Waals surface area contributed by atoms with Crippen LogP contribution in [0.25, 0.3) is 0 Å². The van der Waals surface area contributed by atoms with Crippen LogP contribution in [0, 0.1) is 0 Å². The number of methoxy groups -OCH3 is 2. The van der Waals surface area contributed by atoms with E-state index in [9.17, 15) is 9.90 Å². The van der Waals surface area contributed by atoms with E-state index in [-0.39, 0.29) is 6.04 Å². The molecule has 5 heteroatoms. The van der Waals surface area contributed by atoms with Crippen LogP contribution in [-0.4, -0.2) is 37.4 Å². The molecule has 1 unspecified atom stereocenters. The van der Waals surface area contributed by atoms with Crippen molar-refractivity contribution in [3.8, 4) is 11.5 Å². The Balaban J connectivity index is 2.07. The van der Waals surface area contributed by atoms with Crippen LogP contribution in [-0.2, 0) is 17.6 Å². The van der Waals surface area contributed by atoms with Crippen LogP contribution < -0.4 is 14.8 Å². The zero-order chi connectivity index (χ0) is 18.9. The Kier molecular flexibility index (Phi) is 7.48. The van der Waals surface area contributed by atoms with E-state index in [1.165, 1.54) is 0 Å². The number of nitrogens with one attached hydrogen (secondary N) is 1. The van der Waals surface area contributed by atoms with Gasteiger partial charge in [-0.2, -0.15) is 0 Å². The molecule has 0 aromatic heterocycles. The van der Waals surface area contributed by atoms with Crippen molar-refractivity contribution in [1.29, 1.82) is 0 Å². The molecule has 2 N–H and O–H groups in total. The number of hydrogen-bond donors (Lipinski definition) is 2. The Morgan fingerprint density at radius 2 is 1.69 bits per heavy atom. The molecule has 0 bridgehead atoms. The van der Waals surface area contributed by atoms with Crippen LogP contribution in [0.15, 0.2) is 48.5 Å². The summed E-state index contributed by atoms with van der Waals surface area (Å²) >= 11 is 0. The Morgan fingerprint density at radius 1 is 1.00 bits per heavy atom. The van der Waals surface area contributed by atoms with E-state index in [4.69, 9.17) is 9.47 Å². The first kappa shape index (κ1) is 19.8. The van der Waals surface area contributed by atoms with Crippen LogP contribution in [0.3, 0.4) is 0 Å². The summed E-state index contributed by atoms with van der Waals surface area (Å²) in [5.41, 5.74) is 2.08. The van der Waals surface area contributed by atoms with E-state index in [0.29, 0.717) is 17.9 Å². The van der Waals surface area contributed by atoms with Gasteiger partial charge < -0.3 is 19.9 Å². The second kappa shape index (κ2) is 9.82. The van der Waals surface area contributed by atoms with Crippen molar-refractivity contribution < 1.29 is 19.4 Å². The van der Waals surface area contributed by atoms with Gasteiger partial charge in [0.15, 0.2) is 11.5 Å². The first-order chi connectivity index (χ1) is 12.6. The van der Waals surface area contributed by atoms with Gasteiger partial charge in [-0.3, -0.25) is 4.79 Å². The van der Waals surface area contributed by atoms with Crippen molar-refractivity contribution >= 4 is 5.97 Å². The van der Waals surface area contributed by atoms with Gasteiger partial charge in [0.1, 0.15) is 6.04 Å². The fraction of sp³-hybridized carbons (Fsp3) is 0.381. The first-order valence-electron chi connectivity index (χ1n) is 8.81. The highest BCUT2D eigenvalue weighted by molar-refractivity contribution is 5.74. The number of benzene rings is 2. The van der Waals surface area contributed by atoms with Gasteiger partial charge in [-0.1, -0.05) is 43.3 Å². The summed E-state index contributed by atoms with van der Waals surface area (Å²) in [6.45, 7) is 2.06. The molecule has 2 atom stereocenters. The van der Waals surface area contributed by atoms with E-state index < -0.39 is 12.0 Å². The monoisotopic (exact) mass is 357 g/mol.